The first-order valence-electron chi connectivity index (χ1n) is 8.47. The van der Waals surface area contributed by atoms with Crippen molar-refractivity contribution in [2.45, 2.75) is 38.5 Å². The number of piperidine rings is 1. The molecule has 1 fully saturated rings. The summed E-state index contributed by atoms with van der Waals surface area (Å²) in [6.45, 7) is 0.629. The van der Waals surface area contributed by atoms with E-state index >= 15 is 0 Å². The number of amides is 2. The zero-order chi connectivity index (χ0) is 18.2. The molecule has 7 nitrogen and oxygen atoms in total. The van der Waals surface area contributed by atoms with Crippen LogP contribution in [0, 0.1) is 5.92 Å². The minimum absolute atomic E-state index is 0.182. The number of aryl methyl sites for hydroxylation is 1. The molecule has 1 aliphatic carbocycles. The lowest BCUT2D eigenvalue weighted by molar-refractivity contribution is -0.120. The van der Waals surface area contributed by atoms with Gasteiger partial charge in [-0.25, -0.2) is 12.7 Å². The van der Waals surface area contributed by atoms with Crippen LogP contribution in [0.15, 0.2) is 0 Å². The zero-order valence-electron chi connectivity index (χ0n) is 14.2. The number of carbonyl (C=O) groups is 2. The average molecular weight is 386 g/mol. The second kappa shape index (κ2) is 7.05. The number of nitrogens with zero attached hydrogens (tertiary/aromatic N) is 1. The van der Waals surface area contributed by atoms with Crippen LogP contribution >= 0.6 is 11.3 Å². The van der Waals surface area contributed by atoms with Crippen molar-refractivity contribution in [2.75, 3.05) is 24.7 Å². The van der Waals surface area contributed by atoms with E-state index < -0.39 is 21.8 Å². The summed E-state index contributed by atoms with van der Waals surface area (Å²) in [6, 6.07) is 0. The predicted molar refractivity (Wildman–Crippen MR) is 97.2 cm³/mol. The van der Waals surface area contributed by atoms with E-state index in [4.69, 9.17) is 5.73 Å². The van der Waals surface area contributed by atoms with Crippen molar-refractivity contribution in [3.8, 4) is 0 Å². The molecule has 1 saturated heterocycles. The van der Waals surface area contributed by atoms with Crippen molar-refractivity contribution in [2.24, 2.45) is 11.7 Å². The summed E-state index contributed by atoms with van der Waals surface area (Å²) in [5.41, 5.74) is 6.95. The highest BCUT2D eigenvalue weighted by molar-refractivity contribution is 7.88. The summed E-state index contributed by atoms with van der Waals surface area (Å²) in [7, 11) is -3.31. The molecule has 25 heavy (non-hydrogen) atoms. The Morgan fingerprint density at radius 3 is 2.64 bits per heavy atom. The van der Waals surface area contributed by atoms with Gasteiger partial charge in [-0.05, 0) is 44.1 Å². The second-order valence-electron chi connectivity index (χ2n) is 6.73. The number of rotatable bonds is 4. The quantitative estimate of drug-likeness (QED) is 0.815. The first-order chi connectivity index (χ1) is 11.8. The average Bonchev–Trinajstić information content (AvgIpc) is 2.92. The Morgan fingerprint density at radius 2 is 1.96 bits per heavy atom. The van der Waals surface area contributed by atoms with Crippen LogP contribution in [0.5, 0.6) is 0 Å². The molecule has 138 valence electrons. The third-order valence-corrected chi connectivity index (χ3v) is 7.36. The van der Waals surface area contributed by atoms with Gasteiger partial charge in [0.1, 0.15) is 5.00 Å². The van der Waals surface area contributed by atoms with Crippen molar-refractivity contribution in [3.05, 3.63) is 16.0 Å². The Bertz CT molecular complexity index is 801. The zero-order valence-corrected chi connectivity index (χ0v) is 15.8. The third-order valence-electron chi connectivity index (χ3n) is 4.88. The first kappa shape index (κ1) is 18.3. The van der Waals surface area contributed by atoms with Crippen LogP contribution < -0.4 is 11.1 Å². The molecule has 3 rings (SSSR count). The number of hydrogen-bond acceptors (Lipinski definition) is 5. The fourth-order valence-electron chi connectivity index (χ4n) is 3.59. The molecule has 0 saturated carbocycles. The maximum absolute atomic E-state index is 12.6. The lowest BCUT2D eigenvalue weighted by Crippen LogP contribution is -2.43. The molecule has 2 amide bonds. The summed E-state index contributed by atoms with van der Waals surface area (Å²) < 4.78 is 24.8. The van der Waals surface area contributed by atoms with E-state index in [0.717, 1.165) is 42.4 Å². The summed E-state index contributed by atoms with van der Waals surface area (Å²) in [5.74, 6) is -1.17. The van der Waals surface area contributed by atoms with Crippen LogP contribution in [-0.2, 0) is 27.7 Å². The van der Waals surface area contributed by atoms with Gasteiger partial charge in [-0.15, -0.1) is 11.3 Å². The normalized spacial score (nSPS) is 21.6. The molecular weight excluding hydrogens is 362 g/mol. The van der Waals surface area contributed by atoms with Gasteiger partial charge in [-0.3, -0.25) is 9.59 Å². The van der Waals surface area contributed by atoms with Crippen LogP contribution in [0.1, 0.15) is 46.5 Å². The van der Waals surface area contributed by atoms with E-state index in [1.165, 1.54) is 15.6 Å². The molecule has 2 aliphatic rings. The number of anilines is 1. The van der Waals surface area contributed by atoms with Gasteiger partial charge in [0.15, 0.2) is 0 Å². The van der Waals surface area contributed by atoms with E-state index in [2.05, 4.69) is 5.32 Å². The van der Waals surface area contributed by atoms with Gasteiger partial charge in [-0.1, -0.05) is 0 Å². The number of primary amides is 1. The molecule has 1 aromatic heterocycles. The number of nitrogens with one attached hydrogen (secondary N) is 1. The number of nitrogens with two attached hydrogens (primary N) is 1. The molecule has 0 spiro atoms. The van der Waals surface area contributed by atoms with Crippen molar-refractivity contribution in [1.82, 2.24) is 4.31 Å². The van der Waals surface area contributed by atoms with Crippen LogP contribution in [0.4, 0.5) is 5.00 Å². The van der Waals surface area contributed by atoms with E-state index in [9.17, 15) is 18.0 Å². The minimum Gasteiger partial charge on any atom is -0.365 e. The Kier molecular flexibility index (Phi) is 5.17. The van der Waals surface area contributed by atoms with Gasteiger partial charge in [0, 0.05) is 18.0 Å². The van der Waals surface area contributed by atoms with Crippen LogP contribution in [-0.4, -0.2) is 43.9 Å². The predicted octanol–water partition coefficient (Wildman–Crippen LogP) is 1.34. The van der Waals surface area contributed by atoms with Gasteiger partial charge in [0.25, 0.3) is 5.91 Å². The number of thiophene rings is 1. The fraction of sp³-hybridized carbons (Fsp3) is 0.625. The molecule has 1 unspecified atom stereocenters. The number of fused-ring (bicyclic) bond motifs is 1. The number of sulfonamides is 1. The monoisotopic (exact) mass is 385 g/mol. The highest BCUT2D eigenvalue weighted by Gasteiger charge is 2.32. The lowest BCUT2D eigenvalue weighted by atomic mass is 9.95. The SMILES string of the molecule is CS(=O)(=O)N1CCCC(C(=O)Nc2sc3c(c2C(N)=O)CCCC3)C1. The van der Waals surface area contributed by atoms with Crippen molar-refractivity contribution < 1.29 is 18.0 Å². The lowest BCUT2D eigenvalue weighted by Gasteiger charge is -2.30. The van der Waals surface area contributed by atoms with E-state index in [1.807, 2.05) is 0 Å². The van der Waals surface area contributed by atoms with Crippen molar-refractivity contribution in [3.63, 3.8) is 0 Å². The van der Waals surface area contributed by atoms with Crippen molar-refractivity contribution >= 4 is 38.2 Å². The Morgan fingerprint density at radius 1 is 1.24 bits per heavy atom. The highest BCUT2D eigenvalue weighted by Crippen LogP contribution is 2.38. The largest absolute Gasteiger partial charge is 0.365 e. The van der Waals surface area contributed by atoms with Crippen LogP contribution in [0.3, 0.4) is 0 Å². The molecule has 3 N–H and O–H groups in total. The Labute approximate surface area is 151 Å². The fourth-order valence-corrected chi connectivity index (χ4v) is 5.80. The second-order valence-corrected chi connectivity index (χ2v) is 9.82. The molecule has 2 heterocycles. The van der Waals surface area contributed by atoms with Gasteiger partial charge in [0.2, 0.25) is 15.9 Å². The summed E-state index contributed by atoms with van der Waals surface area (Å²) in [4.78, 5) is 25.7. The maximum Gasteiger partial charge on any atom is 0.251 e. The smallest absolute Gasteiger partial charge is 0.251 e. The van der Waals surface area contributed by atoms with E-state index in [-0.39, 0.29) is 12.5 Å². The van der Waals surface area contributed by atoms with Crippen LogP contribution in [0.25, 0.3) is 0 Å². The highest BCUT2D eigenvalue weighted by atomic mass is 32.2. The molecule has 0 radical (unpaired) electrons. The summed E-state index contributed by atoms with van der Waals surface area (Å²) in [6.07, 6.45) is 6.25. The van der Waals surface area contributed by atoms with Gasteiger partial charge >= 0.3 is 0 Å². The minimum atomic E-state index is -3.31. The molecule has 0 aromatic carbocycles. The Balaban J connectivity index is 1.79. The van der Waals surface area contributed by atoms with Crippen molar-refractivity contribution in [1.29, 1.82) is 0 Å². The first-order valence-corrected chi connectivity index (χ1v) is 11.1. The number of hydrogen-bond donors (Lipinski definition) is 2. The molecule has 1 aliphatic heterocycles. The Hall–Kier alpha value is -1.45. The molecule has 1 aromatic rings. The van der Waals surface area contributed by atoms with E-state index in [0.29, 0.717) is 30.0 Å². The van der Waals surface area contributed by atoms with Gasteiger partial charge in [0.05, 0.1) is 17.7 Å². The van der Waals surface area contributed by atoms with Gasteiger partial charge < -0.3 is 11.1 Å². The molecule has 0 bridgehead atoms. The number of carbonyl (C=O) groups excluding carboxylic acids is 2. The van der Waals surface area contributed by atoms with E-state index in [1.54, 1.807) is 0 Å². The molecular formula is C16H23N3O4S2. The summed E-state index contributed by atoms with van der Waals surface area (Å²) in [5, 5.41) is 3.36. The molecule has 1 atom stereocenters. The third kappa shape index (κ3) is 3.88. The standard InChI is InChI=1S/C16H23N3O4S2/c1-25(22,23)19-8-4-5-10(9-19)15(21)18-16-13(14(17)20)11-6-2-3-7-12(11)24-16/h10H,2-9H2,1H3,(H2,17,20)(H,18,21). The topological polar surface area (TPSA) is 110 Å². The molecule has 9 heteroatoms. The van der Waals surface area contributed by atoms with Gasteiger partial charge in [-0.2, -0.15) is 0 Å². The maximum atomic E-state index is 12.6. The summed E-state index contributed by atoms with van der Waals surface area (Å²) >= 11 is 1.42. The van der Waals surface area contributed by atoms with Crippen LogP contribution in [0.2, 0.25) is 0 Å².